The molecule has 7 heteroatoms. The van der Waals surface area contributed by atoms with Gasteiger partial charge in [-0.3, -0.25) is 0 Å². The number of benzene rings is 1. The van der Waals surface area contributed by atoms with Gasteiger partial charge in [0.15, 0.2) is 5.69 Å². The molecule has 0 saturated carbocycles. The number of oxazole rings is 1. The van der Waals surface area contributed by atoms with Crippen LogP contribution in [0.4, 0.5) is 13.2 Å². The van der Waals surface area contributed by atoms with Crippen molar-refractivity contribution < 1.29 is 21.8 Å². The molecule has 0 fully saturated rings. The first-order chi connectivity index (χ1) is 10.5. The quantitative estimate of drug-likeness (QED) is 0.490. The van der Waals surface area contributed by atoms with Crippen molar-refractivity contribution in [3.63, 3.8) is 0 Å². The van der Waals surface area contributed by atoms with Crippen molar-refractivity contribution in [3.8, 4) is 17.2 Å². The molecule has 0 N–H and O–H groups in total. The second kappa shape index (κ2) is 7.58. The lowest BCUT2D eigenvalue weighted by Gasteiger charge is -2.05. The van der Waals surface area contributed by atoms with Gasteiger partial charge < -0.3 is 8.60 Å². The third-order valence-corrected chi connectivity index (χ3v) is 3.63. The van der Waals surface area contributed by atoms with E-state index in [4.69, 9.17) is 8.60 Å². The smallest absolute Gasteiger partial charge is 0.436 e. The molecule has 0 bridgehead atoms. The Kier molecular flexibility index (Phi) is 5.76. The van der Waals surface area contributed by atoms with Gasteiger partial charge in [-0.1, -0.05) is 25.8 Å². The van der Waals surface area contributed by atoms with E-state index in [9.17, 15) is 13.2 Å². The third kappa shape index (κ3) is 4.69. The highest BCUT2D eigenvalue weighted by molar-refractivity contribution is 7.95. The fourth-order valence-corrected chi connectivity index (χ4v) is 2.38. The average Bonchev–Trinajstić information content (AvgIpc) is 2.97. The molecule has 2 aromatic rings. The van der Waals surface area contributed by atoms with Gasteiger partial charge in [-0.25, -0.2) is 4.98 Å². The largest absolute Gasteiger partial charge is 0.444 e. The summed E-state index contributed by atoms with van der Waals surface area (Å²) in [7, 11) is 0. The second-order valence-electron chi connectivity index (χ2n) is 4.68. The number of hydrogen-bond donors (Lipinski definition) is 0. The van der Waals surface area contributed by atoms with Crippen LogP contribution in [0.3, 0.4) is 0 Å². The topological polar surface area (TPSA) is 35.3 Å². The summed E-state index contributed by atoms with van der Waals surface area (Å²) in [6.45, 7) is 2.13. The van der Waals surface area contributed by atoms with Gasteiger partial charge in [0.25, 0.3) is 0 Å². The highest BCUT2D eigenvalue weighted by atomic mass is 32.2. The molecule has 1 aromatic carbocycles. The van der Waals surface area contributed by atoms with E-state index in [1.54, 1.807) is 24.3 Å². The van der Waals surface area contributed by atoms with Gasteiger partial charge in [-0.2, -0.15) is 13.2 Å². The molecule has 0 amide bonds. The molecule has 0 atom stereocenters. The maximum atomic E-state index is 12.5. The van der Waals surface area contributed by atoms with Crippen LogP contribution in [0, 0.1) is 0 Å². The van der Waals surface area contributed by atoms with Gasteiger partial charge in [0, 0.05) is 11.3 Å². The van der Waals surface area contributed by atoms with Crippen molar-refractivity contribution in [2.45, 2.75) is 32.4 Å². The van der Waals surface area contributed by atoms with E-state index < -0.39 is 11.9 Å². The summed E-state index contributed by atoms with van der Waals surface area (Å²) in [5.41, 5.74) is -0.593. The number of unbranched alkanes of at least 4 members (excludes halogenated alkanes) is 2. The Morgan fingerprint density at radius 2 is 2.09 bits per heavy atom. The van der Waals surface area contributed by atoms with Crippen molar-refractivity contribution in [1.82, 2.24) is 4.98 Å². The predicted octanol–water partition coefficient (Wildman–Crippen LogP) is 5.58. The van der Waals surface area contributed by atoms with Crippen molar-refractivity contribution in [2.24, 2.45) is 0 Å². The van der Waals surface area contributed by atoms with Crippen LogP contribution in [-0.4, -0.2) is 10.7 Å². The average molecular weight is 331 g/mol. The maximum absolute atomic E-state index is 12.5. The lowest BCUT2D eigenvalue weighted by molar-refractivity contribution is -0.141. The van der Waals surface area contributed by atoms with E-state index in [0.717, 1.165) is 25.0 Å². The molecule has 1 heterocycles. The Bertz CT molecular complexity index is 598. The molecule has 1 aromatic heterocycles. The molecule has 22 heavy (non-hydrogen) atoms. The number of halogens is 3. The lowest BCUT2D eigenvalue weighted by atomic mass is 10.2. The van der Waals surface area contributed by atoms with Gasteiger partial charge in [0.1, 0.15) is 12.0 Å². The zero-order chi connectivity index (χ0) is 16.0. The maximum Gasteiger partial charge on any atom is 0.436 e. The van der Waals surface area contributed by atoms with Crippen LogP contribution in [0.15, 0.2) is 34.9 Å². The Hall–Kier alpha value is -1.63. The fraction of sp³-hybridized carbons (Fsp3) is 0.400. The van der Waals surface area contributed by atoms with Gasteiger partial charge in [0.2, 0.25) is 5.89 Å². The molecule has 0 aliphatic rings. The Morgan fingerprint density at radius 1 is 1.27 bits per heavy atom. The molecule has 0 aliphatic heterocycles. The highest BCUT2D eigenvalue weighted by Crippen LogP contribution is 2.32. The minimum absolute atomic E-state index is 0.0752. The second-order valence-corrected chi connectivity index (χ2v) is 5.49. The van der Waals surface area contributed by atoms with Crippen molar-refractivity contribution in [1.29, 1.82) is 0 Å². The molecule has 3 nitrogen and oxygen atoms in total. The standard InChI is InChI=1S/C15H16F3NO2S/c1-2-3-4-8-22-21-12-7-5-6-11(9-12)14-19-13(10-20-14)15(16,17)18/h5-7,9-10H,2-4,8H2,1H3. The van der Waals surface area contributed by atoms with Crippen molar-refractivity contribution in [2.75, 3.05) is 5.75 Å². The number of alkyl halides is 3. The first-order valence-electron chi connectivity index (χ1n) is 6.93. The molecule has 0 saturated heterocycles. The Balaban J connectivity index is 2.00. The molecular formula is C15H16F3NO2S. The van der Waals surface area contributed by atoms with Crippen LogP contribution in [0.5, 0.6) is 5.75 Å². The van der Waals surface area contributed by atoms with Crippen LogP contribution in [0.2, 0.25) is 0 Å². The predicted molar refractivity (Wildman–Crippen MR) is 79.6 cm³/mol. The van der Waals surface area contributed by atoms with E-state index in [2.05, 4.69) is 11.9 Å². The number of aromatic nitrogens is 1. The number of nitrogens with zero attached hydrogens (tertiary/aromatic N) is 1. The van der Waals surface area contributed by atoms with Gasteiger partial charge in [-0.15, -0.1) is 0 Å². The minimum Gasteiger partial charge on any atom is -0.444 e. The molecular weight excluding hydrogens is 315 g/mol. The monoisotopic (exact) mass is 331 g/mol. The van der Waals surface area contributed by atoms with Crippen molar-refractivity contribution >= 4 is 12.0 Å². The summed E-state index contributed by atoms with van der Waals surface area (Å²) in [4.78, 5) is 3.46. The van der Waals surface area contributed by atoms with E-state index >= 15 is 0 Å². The van der Waals surface area contributed by atoms with E-state index in [1.165, 1.54) is 12.0 Å². The highest BCUT2D eigenvalue weighted by Gasteiger charge is 2.34. The first-order valence-corrected chi connectivity index (χ1v) is 7.84. The first kappa shape index (κ1) is 16.7. The van der Waals surface area contributed by atoms with Crippen molar-refractivity contribution in [3.05, 3.63) is 36.2 Å². The van der Waals surface area contributed by atoms with Gasteiger partial charge >= 0.3 is 6.18 Å². The summed E-state index contributed by atoms with van der Waals surface area (Å²) in [5, 5.41) is 0. The zero-order valence-electron chi connectivity index (χ0n) is 12.0. The van der Waals surface area contributed by atoms with Gasteiger partial charge in [0.05, 0.1) is 12.0 Å². The normalized spacial score (nSPS) is 11.6. The zero-order valence-corrected chi connectivity index (χ0v) is 12.8. The summed E-state index contributed by atoms with van der Waals surface area (Å²) in [5.74, 6) is 1.36. The van der Waals surface area contributed by atoms with Crippen LogP contribution >= 0.6 is 12.0 Å². The number of hydrogen-bond acceptors (Lipinski definition) is 4. The minimum atomic E-state index is -4.51. The fourth-order valence-electron chi connectivity index (χ4n) is 1.74. The third-order valence-electron chi connectivity index (χ3n) is 2.86. The molecule has 0 unspecified atom stereocenters. The molecule has 0 spiro atoms. The summed E-state index contributed by atoms with van der Waals surface area (Å²) in [6.07, 6.45) is -0.544. The van der Waals surface area contributed by atoms with Crippen LogP contribution < -0.4 is 4.18 Å². The summed E-state index contributed by atoms with van der Waals surface area (Å²) in [6, 6.07) is 6.66. The molecule has 0 aliphatic carbocycles. The molecule has 0 radical (unpaired) electrons. The molecule has 120 valence electrons. The van der Waals surface area contributed by atoms with Crippen LogP contribution in [0.25, 0.3) is 11.5 Å². The van der Waals surface area contributed by atoms with E-state index in [1.807, 2.05) is 0 Å². The van der Waals surface area contributed by atoms with E-state index in [0.29, 0.717) is 17.6 Å². The van der Waals surface area contributed by atoms with Gasteiger partial charge in [-0.05, 0) is 24.6 Å². The lowest BCUT2D eigenvalue weighted by Crippen LogP contribution is -2.04. The number of rotatable bonds is 7. The molecule has 2 rings (SSSR count). The van der Waals surface area contributed by atoms with Crippen LogP contribution in [0.1, 0.15) is 31.9 Å². The van der Waals surface area contributed by atoms with Crippen LogP contribution in [-0.2, 0) is 6.18 Å². The summed E-state index contributed by atoms with van der Waals surface area (Å²) < 4.78 is 48.0. The Labute approximate surface area is 131 Å². The SMILES string of the molecule is CCCCCSOc1cccc(-c2nc(C(F)(F)F)co2)c1. The summed E-state index contributed by atoms with van der Waals surface area (Å²) >= 11 is 1.33. The van der Waals surface area contributed by atoms with E-state index in [-0.39, 0.29) is 5.89 Å². The Morgan fingerprint density at radius 3 is 2.77 bits per heavy atom.